The summed E-state index contributed by atoms with van der Waals surface area (Å²) >= 11 is 0. The SMILES string of the molecule is CN(C(=O)c1ccc(N2Cc3ccccc3C2=O)cc1)c1ccc(N2CCC(N(C)C)C2)c(F)c1. The zero-order valence-electron chi connectivity index (χ0n) is 20.2. The number of amides is 2. The fraction of sp³-hybridized carbons (Fsp3) is 0.286. The summed E-state index contributed by atoms with van der Waals surface area (Å²) in [7, 11) is 5.73. The summed E-state index contributed by atoms with van der Waals surface area (Å²) in [6, 6.07) is 19.9. The summed E-state index contributed by atoms with van der Waals surface area (Å²) in [5, 5.41) is 0. The minimum Gasteiger partial charge on any atom is -0.368 e. The first kappa shape index (κ1) is 23.1. The molecule has 0 aliphatic carbocycles. The van der Waals surface area contributed by atoms with Crippen molar-refractivity contribution in [1.82, 2.24) is 4.90 Å². The van der Waals surface area contributed by atoms with Gasteiger partial charge in [-0.1, -0.05) is 18.2 Å². The van der Waals surface area contributed by atoms with Crippen molar-refractivity contribution in [2.45, 2.75) is 19.0 Å². The van der Waals surface area contributed by atoms with Crippen molar-refractivity contribution < 1.29 is 14.0 Å². The number of fused-ring (bicyclic) bond motifs is 1. The first-order valence-electron chi connectivity index (χ1n) is 11.8. The molecule has 1 unspecified atom stereocenters. The van der Waals surface area contributed by atoms with Crippen LogP contribution >= 0.6 is 0 Å². The lowest BCUT2D eigenvalue weighted by molar-refractivity contribution is 0.0988. The van der Waals surface area contributed by atoms with Crippen LogP contribution in [0.2, 0.25) is 0 Å². The Labute approximate surface area is 205 Å². The Kier molecular flexibility index (Phi) is 6.03. The van der Waals surface area contributed by atoms with Crippen LogP contribution < -0.4 is 14.7 Å². The van der Waals surface area contributed by atoms with Crippen molar-refractivity contribution in [1.29, 1.82) is 0 Å². The Bertz CT molecular complexity index is 1270. The summed E-state index contributed by atoms with van der Waals surface area (Å²) in [5.41, 5.74) is 3.98. The third kappa shape index (κ3) is 4.28. The van der Waals surface area contributed by atoms with Crippen molar-refractivity contribution in [3.63, 3.8) is 0 Å². The van der Waals surface area contributed by atoms with Crippen molar-refractivity contribution in [3.8, 4) is 0 Å². The normalized spacial score (nSPS) is 17.3. The van der Waals surface area contributed by atoms with Crippen LogP contribution in [-0.4, -0.2) is 57.0 Å². The Hall–Kier alpha value is -3.71. The van der Waals surface area contributed by atoms with Crippen molar-refractivity contribution >= 4 is 28.9 Å². The van der Waals surface area contributed by atoms with Crippen LogP contribution in [0.1, 0.15) is 32.7 Å². The fourth-order valence-corrected chi connectivity index (χ4v) is 4.90. The van der Waals surface area contributed by atoms with E-state index in [1.807, 2.05) is 38.4 Å². The third-order valence-electron chi connectivity index (χ3n) is 7.10. The van der Waals surface area contributed by atoms with Crippen LogP contribution in [0, 0.1) is 5.82 Å². The van der Waals surface area contributed by atoms with Crippen LogP contribution in [0.3, 0.4) is 0 Å². The maximum atomic E-state index is 15.0. The first-order chi connectivity index (χ1) is 16.8. The lowest BCUT2D eigenvalue weighted by Gasteiger charge is -2.24. The highest BCUT2D eigenvalue weighted by molar-refractivity contribution is 6.10. The van der Waals surface area contributed by atoms with E-state index in [-0.39, 0.29) is 17.6 Å². The minimum absolute atomic E-state index is 0.0396. The van der Waals surface area contributed by atoms with Gasteiger partial charge in [-0.2, -0.15) is 0 Å². The standard InChI is InChI=1S/C28H29FN4O2/c1-30(2)23-14-15-32(18-23)26-13-12-22(16-25(26)29)31(3)27(34)19-8-10-21(11-9-19)33-17-20-6-4-5-7-24(20)28(33)35/h4-13,16,23H,14-15,17-18H2,1-3H3. The van der Waals surface area contributed by atoms with Gasteiger partial charge >= 0.3 is 0 Å². The van der Waals surface area contributed by atoms with E-state index in [0.717, 1.165) is 30.8 Å². The molecule has 3 aromatic carbocycles. The number of carbonyl (C=O) groups excluding carboxylic acids is 2. The molecule has 2 aliphatic rings. The monoisotopic (exact) mass is 472 g/mol. The number of nitrogens with zero attached hydrogens (tertiary/aromatic N) is 4. The third-order valence-corrected chi connectivity index (χ3v) is 7.10. The lowest BCUT2D eigenvalue weighted by atomic mass is 10.1. The summed E-state index contributed by atoms with van der Waals surface area (Å²) in [6.07, 6.45) is 0.998. The van der Waals surface area contributed by atoms with Gasteiger partial charge in [0, 0.05) is 48.7 Å². The quantitative estimate of drug-likeness (QED) is 0.552. The van der Waals surface area contributed by atoms with Crippen molar-refractivity contribution in [3.05, 3.63) is 89.2 Å². The molecule has 1 saturated heterocycles. The second-order valence-electron chi connectivity index (χ2n) is 9.45. The zero-order chi connectivity index (χ0) is 24.7. The van der Waals surface area contributed by atoms with Crippen LogP contribution in [0.4, 0.5) is 21.5 Å². The number of benzene rings is 3. The molecule has 0 aromatic heterocycles. The summed E-state index contributed by atoms with van der Waals surface area (Å²) in [6.45, 7) is 2.11. The number of hydrogen-bond donors (Lipinski definition) is 0. The molecular weight excluding hydrogens is 443 g/mol. The number of halogens is 1. The molecule has 0 radical (unpaired) electrons. The van der Waals surface area contributed by atoms with E-state index < -0.39 is 0 Å². The predicted octanol–water partition coefficient (Wildman–Crippen LogP) is 4.40. The van der Waals surface area contributed by atoms with E-state index in [1.54, 1.807) is 48.3 Å². The van der Waals surface area contributed by atoms with Gasteiger partial charge in [0.1, 0.15) is 5.82 Å². The highest BCUT2D eigenvalue weighted by Crippen LogP contribution is 2.30. The van der Waals surface area contributed by atoms with Gasteiger partial charge in [0.25, 0.3) is 11.8 Å². The van der Waals surface area contributed by atoms with Crippen LogP contribution in [0.15, 0.2) is 66.7 Å². The Morgan fingerprint density at radius 1 is 1.00 bits per heavy atom. The average Bonchev–Trinajstić information content (AvgIpc) is 3.49. The van der Waals surface area contributed by atoms with E-state index in [2.05, 4.69) is 9.80 Å². The van der Waals surface area contributed by atoms with Crippen molar-refractivity contribution in [2.24, 2.45) is 0 Å². The van der Waals surface area contributed by atoms with Gasteiger partial charge in [0.2, 0.25) is 0 Å². The molecule has 7 heteroatoms. The molecule has 0 N–H and O–H groups in total. The predicted molar refractivity (Wildman–Crippen MR) is 137 cm³/mol. The Morgan fingerprint density at radius 2 is 1.74 bits per heavy atom. The lowest BCUT2D eigenvalue weighted by Crippen LogP contribution is -2.31. The second-order valence-corrected chi connectivity index (χ2v) is 9.45. The molecule has 2 aliphatic heterocycles. The minimum atomic E-state index is -0.330. The van der Waals surface area contributed by atoms with E-state index in [9.17, 15) is 9.59 Å². The average molecular weight is 473 g/mol. The highest BCUT2D eigenvalue weighted by Gasteiger charge is 2.29. The number of carbonyl (C=O) groups is 2. The number of anilines is 3. The maximum Gasteiger partial charge on any atom is 0.258 e. The molecule has 35 heavy (non-hydrogen) atoms. The molecule has 3 aromatic rings. The summed E-state index contributed by atoms with van der Waals surface area (Å²) < 4.78 is 15.0. The summed E-state index contributed by atoms with van der Waals surface area (Å²) in [5.74, 6) is -0.611. The van der Waals surface area contributed by atoms with Gasteiger partial charge in [-0.25, -0.2) is 4.39 Å². The maximum absolute atomic E-state index is 15.0. The highest BCUT2D eigenvalue weighted by atomic mass is 19.1. The largest absolute Gasteiger partial charge is 0.368 e. The molecule has 2 heterocycles. The van der Waals surface area contributed by atoms with Gasteiger partial charge in [-0.15, -0.1) is 0 Å². The molecule has 180 valence electrons. The van der Waals surface area contributed by atoms with E-state index in [4.69, 9.17) is 0 Å². The molecule has 1 atom stereocenters. The fourth-order valence-electron chi connectivity index (χ4n) is 4.90. The number of hydrogen-bond acceptors (Lipinski definition) is 4. The first-order valence-corrected chi connectivity index (χ1v) is 11.8. The number of likely N-dealkylation sites (N-methyl/N-ethyl adjacent to an activating group) is 1. The molecule has 0 saturated carbocycles. The topological polar surface area (TPSA) is 47.1 Å². The number of rotatable bonds is 5. The second kappa shape index (κ2) is 9.15. The van der Waals surface area contributed by atoms with Gasteiger partial charge in [0.15, 0.2) is 0 Å². The molecule has 1 fully saturated rings. The Morgan fingerprint density at radius 3 is 2.40 bits per heavy atom. The van der Waals surface area contributed by atoms with E-state index in [1.165, 1.54) is 11.0 Å². The van der Waals surface area contributed by atoms with E-state index >= 15 is 4.39 Å². The summed E-state index contributed by atoms with van der Waals surface area (Å²) in [4.78, 5) is 33.2. The smallest absolute Gasteiger partial charge is 0.258 e. The Balaban J connectivity index is 1.28. The zero-order valence-corrected chi connectivity index (χ0v) is 20.2. The van der Waals surface area contributed by atoms with Gasteiger partial charge in [0.05, 0.1) is 12.2 Å². The van der Waals surface area contributed by atoms with Gasteiger partial charge in [-0.3, -0.25) is 9.59 Å². The molecule has 0 bridgehead atoms. The molecule has 0 spiro atoms. The molecule has 2 amide bonds. The van der Waals surface area contributed by atoms with Gasteiger partial charge in [-0.05, 0) is 74.6 Å². The van der Waals surface area contributed by atoms with Crippen LogP contribution in [0.5, 0.6) is 0 Å². The molecular formula is C28H29FN4O2. The van der Waals surface area contributed by atoms with Crippen LogP contribution in [0.25, 0.3) is 0 Å². The van der Waals surface area contributed by atoms with E-state index in [0.29, 0.717) is 35.1 Å². The molecule has 5 rings (SSSR count). The van der Waals surface area contributed by atoms with Crippen LogP contribution in [-0.2, 0) is 6.54 Å². The van der Waals surface area contributed by atoms with Crippen molar-refractivity contribution in [2.75, 3.05) is 48.9 Å². The molecule has 6 nitrogen and oxygen atoms in total. The van der Waals surface area contributed by atoms with Gasteiger partial charge < -0.3 is 19.6 Å².